The van der Waals surface area contributed by atoms with E-state index in [4.69, 9.17) is 0 Å². The summed E-state index contributed by atoms with van der Waals surface area (Å²) in [6.45, 7) is 6.81. The molecule has 1 saturated heterocycles. The second kappa shape index (κ2) is 6.45. The Kier molecular flexibility index (Phi) is 4.55. The van der Waals surface area contributed by atoms with E-state index < -0.39 is 0 Å². The fraction of sp³-hybridized carbons (Fsp3) is 0.294. The molecule has 23 heavy (non-hydrogen) atoms. The number of nitrogens with zero attached hydrogens (tertiary/aromatic N) is 3. The molecule has 4 nitrogen and oxygen atoms in total. The van der Waals surface area contributed by atoms with Crippen LogP contribution >= 0.6 is 24.4 Å². The zero-order valence-electron chi connectivity index (χ0n) is 13.4. The van der Waals surface area contributed by atoms with Gasteiger partial charge in [-0.1, -0.05) is 17.8 Å². The van der Waals surface area contributed by atoms with E-state index in [-0.39, 0.29) is 10.6 Å². The van der Waals surface area contributed by atoms with Gasteiger partial charge in [0.05, 0.1) is 16.8 Å². The van der Waals surface area contributed by atoms with Crippen LogP contribution in [0, 0.1) is 13.8 Å². The van der Waals surface area contributed by atoms with Gasteiger partial charge in [0.25, 0.3) is 5.91 Å². The van der Waals surface area contributed by atoms with Gasteiger partial charge in [0.2, 0.25) is 0 Å². The minimum Gasteiger partial charge on any atom is -0.317 e. The molecule has 1 aromatic heterocycles. The van der Waals surface area contributed by atoms with Crippen molar-refractivity contribution in [2.45, 2.75) is 25.5 Å². The van der Waals surface area contributed by atoms with E-state index in [0.717, 1.165) is 11.3 Å². The number of amides is 1. The van der Waals surface area contributed by atoms with Gasteiger partial charge in [-0.15, -0.1) is 12.6 Å². The van der Waals surface area contributed by atoms with E-state index in [1.807, 2.05) is 29.9 Å². The zero-order chi connectivity index (χ0) is 16.6. The van der Waals surface area contributed by atoms with Crippen LogP contribution in [0.25, 0.3) is 11.8 Å². The SMILES string of the molecule is CCN1C(=O)/C(=C/c2cnn(-c3ccc(C)c(C)c3)c2)SC1S. The molecule has 6 heteroatoms. The number of rotatable bonds is 3. The van der Waals surface area contributed by atoms with Crippen molar-refractivity contribution in [2.75, 3.05) is 6.54 Å². The molecule has 2 heterocycles. The Morgan fingerprint density at radius 1 is 1.35 bits per heavy atom. The van der Waals surface area contributed by atoms with Gasteiger partial charge in [-0.3, -0.25) is 4.79 Å². The first-order chi connectivity index (χ1) is 11.0. The molecule has 1 aromatic carbocycles. The molecule has 1 amide bonds. The molecule has 120 valence electrons. The topological polar surface area (TPSA) is 38.1 Å². The number of hydrogen-bond acceptors (Lipinski definition) is 4. The Morgan fingerprint density at radius 2 is 2.13 bits per heavy atom. The Balaban J connectivity index is 1.86. The smallest absolute Gasteiger partial charge is 0.261 e. The molecule has 2 aromatic rings. The summed E-state index contributed by atoms with van der Waals surface area (Å²) in [4.78, 5) is 14.7. The molecule has 1 fully saturated rings. The lowest BCUT2D eigenvalue weighted by molar-refractivity contribution is -0.124. The van der Waals surface area contributed by atoms with Gasteiger partial charge in [0, 0.05) is 18.3 Å². The molecule has 0 aliphatic carbocycles. The van der Waals surface area contributed by atoms with Crippen molar-refractivity contribution >= 4 is 36.4 Å². The van der Waals surface area contributed by atoms with E-state index >= 15 is 0 Å². The van der Waals surface area contributed by atoms with Gasteiger partial charge in [0.15, 0.2) is 0 Å². The Morgan fingerprint density at radius 3 is 2.78 bits per heavy atom. The number of carbonyl (C=O) groups excluding carboxylic acids is 1. The number of benzene rings is 1. The molecule has 1 atom stereocenters. The van der Waals surface area contributed by atoms with Crippen LogP contribution in [0.4, 0.5) is 0 Å². The Bertz CT molecular complexity index is 782. The molecule has 3 rings (SSSR count). The third-order valence-corrected chi connectivity index (χ3v) is 5.57. The number of aryl methyl sites for hydroxylation is 2. The van der Waals surface area contributed by atoms with Crippen LogP contribution < -0.4 is 0 Å². The quantitative estimate of drug-likeness (QED) is 0.682. The molecule has 0 spiro atoms. The summed E-state index contributed by atoms with van der Waals surface area (Å²) < 4.78 is 1.73. The third-order valence-electron chi connectivity index (χ3n) is 3.97. The van der Waals surface area contributed by atoms with Gasteiger partial charge in [-0.25, -0.2) is 4.68 Å². The standard InChI is InChI=1S/C17H19N3OS2/c1-4-19-16(21)15(23-17(19)22)8-13-9-18-20(10-13)14-6-5-11(2)12(3)7-14/h5-10,17,22H,4H2,1-3H3/b15-8-. The normalized spacial score (nSPS) is 19.8. The van der Waals surface area contributed by atoms with Crippen LogP contribution in [0.15, 0.2) is 35.5 Å². The number of aromatic nitrogens is 2. The summed E-state index contributed by atoms with van der Waals surface area (Å²) >= 11 is 5.92. The van der Waals surface area contributed by atoms with Gasteiger partial charge in [0.1, 0.15) is 4.71 Å². The van der Waals surface area contributed by atoms with Crippen molar-refractivity contribution < 1.29 is 4.79 Å². The molecule has 0 N–H and O–H groups in total. The monoisotopic (exact) mass is 345 g/mol. The number of carbonyl (C=O) groups is 1. The summed E-state index contributed by atoms with van der Waals surface area (Å²) in [5.74, 6) is 0.0384. The van der Waals surface area contributed by atoms with E-state index in [1.165, 1.54) is 22.9 Å². The number of hydrogen-bond donors (Lipinski definition) is 1. The highest BCUT2D eigenvalue weighted by atomic mass is 32.2. The fourth-order valence-electron chi connectivity index (χ4n) is 2.44. The molecule has 0 bridgehead atoms. The third kappa shape index (κ3) is 3.19. The second-order valence-electron chi connectivity index (χ2n) is 5.53. The summed E-state index contributed by atoms with van der Waals surface area (Å²) in [5, 5.41) is 4.40. The molecule has 1 aliphatic heterocycles. The summed E-state index contributed by atoms with van der Waals surface area (Å²) in [6, 6.07) is 6.24. The second-order valence-corrected chi connectivity index (χ2v) is 7.49. The van der Waals surface area contributed by atoms with E-state index in [1.54, 1.807) is 11.1 Å². The lowest BCUT2D eigenvalue weighted by atomic mass is 10.1. The van der Waals surface area contributed by atoms with Crippen LogP contribution in [0.2, 0.25) is 0 Å². The van der Waals surface area contributed by atoms with Crippen LogP contribution in [0.1, 0.15) is 23.6 Å². The van der Waals surface area contributed by atoms with Crippen molar-refractivity contribution in [1.29, 1.82) is 0 Å². The van der Waals surface area contributed by atoms with Crippen LogP contribution in [-0.2, 0) is 4.79 Å². The summed E-state index contributed by atoms with van der Waals surface area (Å²) in [7, 11) is 0. The van der Waals surface area contributed by atoms with E-state index in [0.29, 0.717) is 11.4 Å². The largest absolute Gasteiger partial charge is 0.317 e. The maximum absolute atomic E-state index is 12.3. The molecule has 1 unspecified atom stereocenters. The van der Waals surface area contributed by atoms with Crippen LogP contribution in [0.5, 0.6) is 0 Å². The van der Waals surface area contributed by atoms with Crippen molar-refractivity contribution in [3.63, 3.8) is 0 Å². The van der Waals surface area contributed by atoms with Gasteiger partial charge in [-0.05, 0) is 50.1 Å². The van der Waals surface area contributed by atoms with Crippen molar-refractivity contribution in [2.24, 2.45) is 0 Å². The highest BCUT2D eigenvalue weighted by Crippen LogP contribution is 2.37. The molecular weight excluding hydrogens is 326 g/mol. The highest BCUT2D eigenvalue weighted by Gasteiger charge is 2.32. The molecular formula is C17H19N3OS2. The van der Waals surface area contributed by atoms with Gasteiger partial charge < -0.3 is 4.90 Å². The average molecular weight is 345 g/mol. The predicted octanol–water partition coefficient (Wildman–Crippen LogP) is 3.64. The number of likely N-dealkylation sites (N-methyl/N-ethyl adjacent to an activating group) is 1. The van der Waals surface area contributed by atoms with Gasteiger partial charge >= 0.3 is 0 Å². The van der Waals surface area contributed by atoms with Crippen molar-refractivity contribution in [3.8, 4) is 5.69 Å². The lowest BCUT2D eigenvalue weighted by Gasteiger charge is -2.15. The Hall–Kier alpha value is -1.66. The summed E-state index contributed by atoms with van der Waals surface area (Å²) in [5.41, 5.74) is 4.43. The minimum atomic E-state index is -0.103. The maximum atomic E-state index is 12.3. The van der Waals surface area contributed by atoms with E-state index in [9.17, 15) is 4.79 Å². The maximum Gasteiger partial charge on any atom is 0.261 e. The van der Waals surface area contributed by atoms with Crippen molar-refractivity contribution in [1.82, 2.24) is 14.7 Å². The fourth-order valence-corrected chi connectivity index (χ4v) is 4.07. The first-order valence-corrected chi connectivity index (χ1v) is 8.89. The zero-order valence-corrected chi connectivity index (χ0v) is 15.1. The molecule has 1 aliphatic rings. The lowest BCUT2D eigenvalue weighted by Crippen LogP contribution is -2.28. The van der Waals surface area contributed by atoms with Crippen LogP contribution in [0.3, 0.4) is 0 Å². The minimum absolute atomic E-state index is 0.0384. The van der Waals surface area contributed by atoms with E-state index in [2.05, 4.69) is 43.7 Å². The first kappa shape index (κ1) is 16.2. The summed E-state index contributed by atoms with van der Waals surface area (Å²) in [6.07, 6.45) is 5.60. The molecule has 0 saturated carbocycles. The van der Waals surface area contributed by atoms with Crippen molar-refractivity contribution in [3.05, 3.63) is 52.2 Å². The number of thiol groups is 1. The van der Waals surface area contributed by atoms with Gasteiger partial charge in [-0.2, -0.15) is 5.10 Å². The van der Waals surface area contributed by atoms with Crippen LogP contribution in [-0.4, -0.2) is 31.8 Å². The Labute approximate surface area is 146 Å². The average Bonchev–Trinajstić information content (AvgIpc) is 3.08. The molecule has 0 radical (unpaired) electrons. The highest BCUT2D eigenvalue weighted by molar-refractivity contribution is 8.14. The number of thioether (sulfide) groups is 1. The predicted molar refractivity (Wildman–Crippen MR) is 98.8 cm³/mol. The first-order valence-electron chi connectivity index (χ1n) is 7.49.